The van der Waals surface area contributed by atoms with Gasteiger partial charge in [0.15, 0.2) is 0 Å². The average Bonchev–Trinajstić information content (AvgIpc) is 3.30. The van der Waals surface area contributed by atoms with E-state index in [0.29, 0.717) is 54.5 Å². The van der Waals surface area contributed by atoms with E-state index >= 15 is 0 Å². The molecule has 0 radical (unpaired) electrons. The molecular weight excluding hydrogens is 781 g/mol. The van der Waals surface area contributed by atoms with Crippen molar-refractivity contribution in [1.29, 1.82) is 0 Å². The SMILES string of the molecule is CCCC(=O)Oc1ccc([C@H]2CC[C@H](OCC3CCC(CCCCC(=O)CCCC[C@H]4CC[C@H](CO[C@H]5CC[C@H](c6ccc(OC(=O)CCC)nn6)CC5)CC4)CC3)CC2)nn1. The molecule has 0 bridgehead atoms. The fraction of sp³-hybridized carbons (Fsp3) is 0.784. The molecule has 2 aromatic heterocycles. The summed E-state index contributed by atoms with van der Waals surface area (Å²) in [4.78, 5) is 36.1. The second kappa shape index (κ2) is 26.5. The second-order valence-corrected chi connectivity index (χ2v) is 19.5. The van der Waals surface area contributed by atoms with E-state index in [4.69, 9.17) is 18.9 Å². The van der Waals surface area contributed by atoms with Gasteiger partial charge in [-0.2, -0.15) is 10.2 Å². The van der Waals surface area contributed by atoms with Crippen molar-refractivity contribution in [3.05, 3.63) is 35.7 Å². The molecule has 0 amide bonds. The highest BCUT2D eigenvalue weighted by Gasteiger charge is 2.29. The molecule has 0 unspecified atom stereocenters. The van der Waals surface area contributed by atoms with Gasteiger partial charge in [0, 0.05) is 62.9 Å². The van der Waals surface area contributed by atoms with Crippen molar-refractivity contribution in [1.82, 2.24) is 20.4 Å². The Morgan fingerprint density at radius 3 is 1.21 bits per heavy atom. The number of carbonyl (C=O) groups is 3. The highest BCUT2D eigenvalue weighted by molar-refractivity contribution is 5.78. The van der Waals surface area contributed by atoms with Crippen LogP contribution in [0.3, 0.4) is 0 Å². The van der Waals surface area contributed by atoms with Gasteiger partial charge in [-0.25, -0.2) is 0 Å². The summed E-state index contributed by atoms with van der Waals surface area (Å²) in [5.74, 6) is 4.33. The Balaban J connectivity index is 0.712. The molecule has 4 saturated carbocycles. The van der Waals surface area contributed by atoms with Gasteiger partial charge >= 0.3 is 11.9 Å². The summed E-state index contributed by atoms with van der Waals surface area (Å²) in [5.41, 5.74) is 1.98. The first-order valence-corrected chi connectivity index (χ1v) is 25.2. The van der Waals surface area contributed by atoms with E-state index in [9.17, 15) is 14.4 Å². The van der Waals surface area contributed by atoms with Gasteiger partial charge in [0.25, 0.3) is 0 Å². The summed E-state index contributed by atoms with van der Waals surface area (Å²) in [6, 6.07) is 7.46. The maximum Gasteiger partial charge on any atom is 0.312 e. The van der Waals surface area contributed by atoms with E-state index in [2.05, 4.69) is 20.4 Å². The van der Waals surface area contributed by atoms with Crippen LogP contribution < -0.4 is 9.47 Å². The molecule has 4 aliphatic rings. The molecule has 4 aliphatic carbocycles. The third-order valence-electron chi connectivity index (χ3n) is 14.6. The lowest BCUT2D eigenvalue weighted by molar-refractivity contribution is -0.135. The van der Waals surface area contributed by atoms with Gasteiger partial charge in [0.05, 0.1) is 23.6 Å². The van der Waals surface area contributed by atoms with Gasteiger partial charge < -0.3 is 18.9 Å². The number of unbranched alkanes of at least 4 members (excludes halogenated alkanes) is 2. The molecule has 0 saturated heterocycles. The van der Waals surface area contributed by atoms with Gasteiger partial charge in [-0.05, 0) is 139 Å². The first-order chi connectivity index (χ1) is 30.3. The lowest BCUT2D eigenvalue weighted by atomic mass is 9.79. The molecule has 11 heteroatoms. The van der Waals surface area contributed by atoms with Crippen LogP contribution in [0.5, 0.6) is 11.8 Å². The van der Waals surface area contributed by atoms with Crippen molar-refractivity contribution in [2.45, 2.75) is 218 Å². The number of ether oxygens (including phenoxy) is 4. The minimum atomic E-state index is -0.258. The minimum Gasteiger partial charge on any atom is -0.406 e. The first-order valence-electron chi connectivity index (χ1n) is 25.2. The maximum absolute atomic E-state index is 12.7. The van der Waals surface area contributed by atoms with Crippen LogP contribution in [0.25, 0.3) is 0 Å². The smallest absolute Gasteiger partial charge is 0.312 e. The molecule has 0 atom stereocenters. The Morgan fingerprint density at radius 2 is 0.855 bits per heavy atom. The summed E-state index contributed by atoms with van der Waals surface area (Å²) in [6.07, 6.45) is 30.4. The molecule has 6 rings (SSSR count). The molecule has 0 aromatic carbocycles. The summed E-state index contributed by atoms with van der Waals surface area (Å²) >= 11 is 0. The van der Waals surface area contributed by atoms with Crippen LogP contribution in [0.15, 0.2) is 24.3 Å². The van der Waals surface area contributed by atoms with Crippen LogP contribution in [0, 0.1) is 23.7 Å². The van der Waals surface area contributed by atoms with Gasteiger partial charge in [-0.15, -0.1) is 10.2 Å². The zero-order valence-electron chi connectivity index (χ0n) is 38.3. The number of ketones is 1. The quantitative estimate of drug-likeness (QED) is 0.0736. The lowest BCUT2D eigenvalue weighted by Crippen LogP contribution is -2.26. The van der Waals surface area contributed by atoms with Crippen LogP contribution >= 0.6 is 0 Å². The minimum absolute atomic E-state index is 0.258. The van der Waals surface area contributed by atoms with E-state index in [1.54, 1.807) is 12.1 Å². The van der Waals surface area contributed by atoms with E-state index in [0.717, 1.165) is 126 Å². The van der Waals surface area contributed by atoms with Gasteiger partial charge in [-0.3, -0.25) is 14.4 Å². The fourth-order valence-electron chi connectivity index (χ4n) is 10.6. The third-order valence-corrected chi connectivity index (χ3v) is 14.6. The largest absolute Gasteiger partial charge is 0.406 e. The maximum atomic E-state index is 12.7. The lowest BCUT2D eigenvalue weighted by Gasteiger charge is -2.32. The van der Waals surface area contributed by atoms with Crippen molar-refractivity contribution in [2.75, 3.05) is 13.2 Å². The van der Waals surface area contributed by atoms with Crippen LogP contribution in [-0.4, -0.2) is 63.5 Å². The zero-order valence-corrected chi connectivity index (χ0v) is 38.3. The van der Waals surface area contributed by atoms with E-state index in [1.807, 2.05) is 26.0 Å². The van der Waals surface area contributed by atoms with Crippen LogP contribution in [0.2, 0.25) is 0 Å². The average molecular weight is 859 g/mol. The predicted octanol–water partition coefficient (Wildman–Crippen LogP) is 11.8. The van der Waals surface area contributed by atoms with Gasteiger partial charge in [0.2, 0.25) is 11.8 Å². The number of rotatable bonds is 24. The van der Waals surface area contributed by atoms with E-state index < -0.39 is 0 Å². The standard InChI is InChI=1S/C51H78N4O7/c1-3-9-50(57)61-48-33-31-46(52-54-48)41-23-27-44(28-24-41)59-35-39-19-15-37(16-20-39)11-5-7-13-43(56)14-8-6-12-38-17-21-40(22-18-38)36-60-45-29-25-42(26-30-45)47-32-34-49(55-53-47)62-51(58)10-4-2/h31-34,37-42,44-45H,3-30,35-36H2,1-2H3/t37-,38?,39-,40?,41-,42-,44-,45-. The Kier molecular flexibility index (Phi) is 20.6. The van der Waals surface area contributed by atoms with Crippen molar-refractivity contribution >= 4 is 17.7 Å². The predicted molar refractivity (Wildman–Crippen MR) is 240 cm³/mol. The molecule has 0 aliphatic heterocycles. The molecule has 62 heavy (non-hydrogen) atoms. The summed E-state index contributed by atoms with van der Waals surface area (Å²) < 4.78 is 23.4. The van der Waals surface area contributed by atoms with Crippen LogP contribution in [0.4, 0.5) is 0 Å². The number of hydrogen-bond donors (Lipinski definition) is 0. The number of nitrogens with zero attached hydrogens (tertiary/aromatic N) is 4. The Labute approximate surface area is 372 Å². The van der Waals surface area contributed by atoms with Crippen LogP contribution in [-0.2, 0) is 23.9 Å². The topological polar surface area (TPSA) is 140 Å². The van der Waals surface area contributed by atoms with Crippen molar-refractivity contribution in [3.8, 4) is 11.8 Å². The summed E-state index contributed by atoms with van der Waals surface area (Å²) in [5, 5.41) is 17.0. The third kappa shape index (κ3) is 16.7. The number of esters is 2. The van der Waals surface area contributed by atoms with Gasteiger partial charge in [0.1, 0.15) is 5.78 Å². The Bertz CT molecular complexity index is 1470. The first kappa shape index (κ1) is 48.2. The molecule has 11 nitrogen and oxygen atoms in total. The molecule has 344 valence electrons. The van der Waals surface area contributed by atoms with Crippen molar-refractivity contribution in [2.24, 2.45) is 23.7 Å². The number of Topliss-reactive ketones (excluding diaryl/α,β-unsaturated/α-hetero) is 1. The second-order valence-electron chi connectivity index (χ2n) is 19.5. The highest BCUT2D eigenvalue weighted by Crippen LogP contribution is 2.38. The molecule has 4 fully saturated rings. The number of aromatic nitrogens is 4. The molecule has 0 N–H and O–H groups in total. The Hall–Kier alpha value is -3.31. The van der Waals surface area contributed by atoms with Crippen molar-refractivity contribution < 1.29 is 33.3 Å². The highest BCUT2D eigenvalue weighted by atomic mass is 16.5. The van der Waals surface area contributed by atoms with Crippen molar-refractivity contribution in [3.63, 3.8) is 0 Å². The number of hydrogen-bond acceptors (Lipinski definition) is 11. The zero-order chi connectivity index (χ0) is 43.4. The summed E-state index contributed by atoms with van der Waals surface area (Å²) in [6.45, 7) is 5.69. The monoisotopic (exact) mass is 859 g/mol. The van der Waals surface area contributed by atoms with Crippen LogP contribution in [0.1, 0.15) is 217 Å². The fourth-order valence-corrected chi connectivity index (χ4v) is 10.6. The van der Waals surface area contributed by atoms with E-state index in [1.165, 1.54) is 77.0 Å². The molecule has 0 spiro atoms. The normalized spacial score (nSPS) is 26.7. The number of carbonyl (C=O) groups excluding carboxylic acids is 3. The van der Waals surface area contributed by atoms with Gasteiger partial charge in [-0.1, -0.05) is 65.2 Å². The molecule has 2 aromatic rings. The van der Waals surface area contributed by atoms with E-state index in [-0.39, 0.29) is 23.7 Å². The molecule has 2 heterocycles. The Morgan fingerprint density at radius 1 is 0.468 bits per heavy atom. The molecular formula is C51H78N4O7. The summed E-state index contributed by atoms with van der Waals surface area (Å²) in [7, 11) is 0.